The zero-order chi connectivity index (χ0) is 16.8. The van der Waals surface area contributed by atoms with Gasteiger partial charge in [-0.25, -0.2) is 0 Å². The van der Waals surface area contributed by atoms with Crippen LogP contribution in [0.2, 0.25) is 0 Å². The van der Waals surface area contributed by atoms with E-state index in [4.69, 9.17) is 4.98 Å². The van der Waals surface area contributed by atoms with Gasteiger partial charge >= 0.3 is 142 Å². The predicted octanol–water partition coefficient (Wildman–Crippen LogP) is 6.38. The molecule has 130 valence electrons. The molecule has 0 saturated carbocycles. The fraction of sp³-hybridized carbons (Fsp3) is 0.650. The van der Waals surface area contributed by atoms with E-state index in [9.17, 15) is 0 Å². The van der Waals surface area contributed by atoms with E-state index in [1.165, 1.54) is 62.5 Å². The Labute approximate surface area is 142 Å². The van der Waals surface area contributed by atoms with Gasteiger partial charge < -0.3 is 0 Å². The Morgan fingerprint density at radius 2 is 1.39 bits per heavy atom. The molecule has 0 aliphatic rings. The third-order valence-electron chi connectivity index (χ3n) is 5.56. The Hall–Kier alpha value is -0.880. The Morgan fingerprint density at radius 3 is 1.91 bits per heavy atom. The molecule has 0 amide bonds. The molecule has 0 aliphatic heterocycles. The van der Waals surface area contributed by atoms with Crippen LogP contribution in [0.5, 0.6) is 0 Å². The van der Waals surface area contributed by atoms with Crippen LogP contribution in [0.15, 0.2) is 30.6 Å². The number of unbranched alkanes of at least 4 members (excludes halogenated alkanes) is 3. The molecule has 0 radical (unpaired) electrons. The van der Waals surface area contributed by atoms with Gasteiger partial charge in [-0.05, 0) is 0 Å². The van der Waals surface area contributed by atoms with Crippen LogP contribution in [-0.4, -0.2) is 34.5 Å². The molecule has 0 atom stereocenters. The van der Waals surface area contributed by atoms with Crippen molar-refractivity contribution in [2.75, 3.05) is 25.2 Å². The van der Waals surface area contributed by atoms with Crippen LogP contribution in [0, 0.1) is 0 Å². The van der Waals surface area contributed by atoms with Crippen LogP contribution in [-0.2, 0) is 0 Å². The molecular weight excluding hydrogens is 299 g/mol. The summed E-state index contributed by atoms with van der Waals surface area (Å²) in [6.07, 6.45) is 14.2. The van der Waals surface area contributed by atoms with E-state index in [1.54, 1.807) is 0 Å². The monoisotopic (exact) mass is 334 g/mol. The molecule has 0 unspecified atom stereocenters. The van der Waals surface area contributed by atoms with Crippen molar-refractivity contribution in [3.63, 3.8) is 0 Å². The summed E-state index contributed by atoms with van der Waals surface area (Å²) in [5.41, 5.74) is 2.52. The van der Waals surface area contributed by atoms with Crippen molar-refractivity contribution in [2.45, 2.75) is 59.3 Å². The van der Waals surface area contributed by atoms with E-state index in [0.717, 1.165) is 5.52 Å². The van der Waals surface area contributed by atoms with Gasteiger partial charge in [-0.2, -0.15) is 0 Å². The minimum absolute atomic E-state index is 1.16. The number of rotatable bonds is 10. The molecule has 2 rings (SSSR count). The third-order valence-corrected chi connectivity index (χ3v) is 12.0. The van der Waals surface area contributed by atoms with Crippen LogP contribution in [0.3, 0.4) is 0 Å². The first-order valence-corrected chi connectivity index (χ1v) is 12.7. The van der Waals surface area contributed by atoms with Gasteiger partial charge in [-0.1, -0.05) is 0 Å². The molecule has 23 heavy (non-hydrogen) atoms. The molecule has 0 aliphatic carbocycles. The molecule has 1 aromatic heterocycles. The standard InChI is InChI=1S/C20H35N2P/c1-5-8-15-23(4,16-9-6-2,17-10-7-3)22-18-21-19-13-11-12-14-20(19)22/h11-14,18H,5-10,15-17H2,1-4H3. The molecule has 0 N–H and O–H groups in total. The number of aromatic nitrogens is 2. The maximum atomic E-state index is 4.75. The summed E-state index contributed by atoms with van der Waals surface area (Å²) in [4.78, 5) is 4.75. The zero-order valence-corrected chi connectivity index (χ0v) is 16.5. The second-order valence-corrected chi connectivity index (χ2v) is 13.8. The zero-order valence-electron chi connectivity index (χ0n) is 15.6. The minimum atomic E-state index is -1.99. The van der Waals surface area contributed by atoms with Crippen molar-refractivity contribution < 1.29 is 0 Å². The van der Waals surface area contributed by atoms with Crippen molar-refractivity contribution >= 4 is 17.8 Å². The van der Waals surface area contributed by atoms with Gasteiger partial charge in [0.25, 0.3) is 0 Å². The van der Waals surface area contributed by atoms with Crippen LogP contribution in [0.4, 0.5) is 0 Å². The first-order valence-electron chi connectivity index (χ1n) is 9.51. The van der Waals surface area contributed by atoms with Gasteiger partial charge in [0.2, 0.25) is 0 Å². The van der Waals surface area contributed by atoms with E-state index in [-0.39, 0.29) is 0 Å². The Bertz CT molecular complexity index is 592. The van der Waals surface area contributed by atoms with E-state index in [1.807, 2.05) is 0 Å². The number of para-hydroxylation sites is 2. The molecule has 0 bridgehead atoms. The summed E-state index contributed by atoms with van der Waals surface area (Å²) in [7, 11) is 0. The number of benzene rings is 1. The third kappa shape index (κ3) is 3.79. The average molecular weight is 334 g/mol. The van der Waals surface area contributed by atoms with Gasteiger partial charge in [0.1, 0.15) is 0 Å². The van der Waals surface area contributed by atoms with Crippen molar-refractivity contribution in [2.24, 2.45) is 0 Å². The van der Waals surface area contributed by atoms with Crippen molar-refractivity contribution in [3.8, 4) is 0 Å². The fourth-order valence-electron chi connectivity index (χ4n) is 3.93. The van der Waals surface area contributed by atoms with Gasteiger partial charge in [0, 0.05) is 0 Å². The average Bonchev–Trinajstić information content (AvgIpc) is 3.02. The number of nitrogens with zero attached hydrogens (tertiary/aromatic N) is 2. The molecule has 1 heterocycles. The normalized spacial score (nSPS) is 14.0. The summed E-state index contributed by atoms with van der Waals surface area (Å²) in [5, 5.41) is 0. The Balaban J connectivity index is 2.57. The van der Waals surface area contributed by atoms with Crippen molar-refractivity contribution in [3.05, 3.63) is 30.6 Å². The maximum absolute atomic E-state index is 4.75. The number of hydrogen-bond acceptors (Lipinski definition) is 1. The van der Waals surface area contributed by atoms with Crippen LogP contribution < -0.4 is 0 Å². The van der Waals surface area contributed by atoms with Gasteiger partial charge in [-0.3, -0.25) is 0 Å². The van der Waals surface area contributed by atoms with E-state index >= 15 is 0 Å². The van der Waals surface area contributed by atoms with E-state index in [2.05, 4.69) is 62.4 Å². The number of hydrogen-bond donors (Lipinski definition) is 0. The molecule has 0 spiro atoms. The summed E-state index contributed by atoms with van der Waals surface area (Å²) in [5.74, 6) is 0. The van der Waals surface area contributed by atoms with E-state index in [0.29, 0.717) is 0 Å². The van der Waals surface area contributed by atoms with Crippen molar-refractivity contribution in [1.82, 2.24) is 9.32 Å². The predicted molar refractivity (Wildman–Crippen MR) is 107 cm³/mol. The molecule has 1 aromatic carbocycles. The quantitative estimate of drug-likeness (QED) is 0.461. The Morgan fingerprint density at radius 1 is 0.870 bits per heavy atom. The van der Waals surface area contributed by atoms with Crippen LogP contribution in [0.1, 0.15) is 59.3 Å². The van der Waals surface area contributed by atoms with Crippen molar-refractivity contribution in [1.29, 1.82) is 0 Å². The molecule has 3 heteroatoms. The first-order chi connectivity index (χ1) is 11.1. The summed E-state index contributed by atoms with van der Waals surface area (Å²) < 4.78 is 2.67. The van der Waals surface area contributed by atoms with Gasteiger partial charge in [0.15, 0.2) is 0 Å². The van der Waals surface area contributed by atoms with E-state index < -0.39 is 6.75 Å². The van der Waals surface area contributed by atoms with Gasteiger partial charge in [0.05, 0.1) is 0 Å². The summed E-state index contributed by atoms with van der Waals surface area (Å²) >= 11 is 0. The Kier molecular flexibility index (Phi) is 6.26. The first kappa shape index (κ1) is 18.5. The molecular formula is C20H35N2P. The molecule has 2 aromatic rings. The number of fused-ring (bicyclic) bond motifs is 1. The second kappa shape index (κ2) is 7.79. The fourth-order valence-corrected chi connectivity index (χ4v) is 10.1. The number of imidazole rings is 1. The molecule has 0 fully saturated rings. The topological polar surface area (TPSA) is 17.8 Å². The molecule has 2 nitrogen and oxygen atoms in total. The van der Waals surface area contributed by atoms with Crippen LogP contribution in [0.25, 0.3) is 11.0 Å². The van der Waals surface area contributed by atoms with Gasteiger partial charge in [-0.15, -0.1) is 0 Å². The molecule has 0 saturated heterocycles. The SMILES string of the molecule is CCCCP(C)(CCCC)(CCCC)n1cnc2ccccc21. The van der Waals surface area contributed by atoms with Crippen LogP contribution >= 0.6 is 6.75 Å². The summed E-state index contributed by atoms with van der Waals surface area (Å²) in [6.45, 7) is 7.64. The second-order valence-electron chi connectivity index (χ2n) is 7.55. The summed E-state index contributed by atoms with van der Waals surface area (Å²) in [6, 6.07) is 8.71.